The van der Waals surface area contributed by atoms with E-state index in [9.17, 15) is 9.90 Å². The second-order valence-electron chi connectivity index (χ2n) is 5.58. The molecule has 4 nitrogen and oxygen atoms in total. The number of halogens is 1. The van der Waals surface area contributed by atoms with Gasteiger partial charge in [0.15, 0.2) is 0 Å². The number of anilines is 2. The summed E-state index contributed by atoms with van der Waals surface area (Å²) in [6, 6.07) is 15.3. The van der Waals surface area contributed by atoms with Gasteiger partial charge in [0.2, 0.25) is 5.91 Å². The number of rotatable bonds is 6. The smallest absolute Gasteiger partial charge is 0.243 e. The fraction of sp³-hybridized carbons (Fsp3) is 0.278. The highest BCUT2D eigenvalue weighted by molar-refractivity contribution is 9.10. The van der Waals surface area contributed by atoms with Gasteiger partial charge in [-0.15, -0.1) is 0 Å². The van der Waals surface area contributed by atoms with Crippen LogP contribution in [-0.2, 0) is 4.79 Å². The Morgan fingerprint density at radius 3 is 2.57 bits per heavy atom. The summed E-state index contributed by atoms with van der Waals surface area (Å²) in [5, 5.41) is 12.6. The first kappa shape index (κ1) is 17.5. The van der Waals surface area contributed by atoms with Gasteiger partial charge in [0, 0.05) is 22.4 Å². The van der Waals surface area contributed by atoms with Crippen LogP contribution >= 0.6 is 15.9 Å². The number of nitrogens with one attached hydrogen (secondary N) is 1. The first-order chi connectivity index (χ1) is 11.0. The topological polar surface area (TPSA) is 52.6 Å². The lowest BCUT2D eigenvalue weighted by atomic mass is 10.2. The van der Waals surface area contributed by atoms with Crippen molar-refractivity contribution in [3.8, 4) is 0 Å². The van der Waals surface area contributed by atoms with Crippen molar-refractivity contribution in [2.75, 3.05) is 23.3 Å². The lowest BCUT2D eigenvalue weighted by molar-refractivity contribution is -0.115. The van der Waals surface area contributed by atoms with Crippen LogP contribution in [-0.4, -0.2) is 30.2 Å². The van der Waals surface area contributed by atoms with Gasteiger partial charge in [-0.1, -0.05) is 34.1 Å². The van der Waals surface area contributed by atoms with Crippen LogP contribution in [0.1, 0.15) is 12.5 Å². The maximum atomic E-state index is 12.3. The van der Waals surface area contributed by atoms with E-state index < -0.39 is 6.10 Å². The highest BCUT2D eigenvalue weighted by Crippen LogP contribution is 2.20. The molecular weight excluding hydrogens is 356 g/mol. The highest BCUT2D eigenvalue weighted by atomic mass is 79.9. The molecule has 0 aliphatic heterocycles. The molecule has 0 spiro atoms. The lowest BCUT2D eigenvalue weighted by Gasteiger charge is -2.25. The number of hydrogen-bond acceptors (Lipinski definition) is 3. The average molecular weight is 377 g/mol. The van der Waals surface area contributed by atoms with E-state index in [1.165, 1.54) is 0 Å². The van der Waals surface area contributed by atoms with Gasteiger partial charge in [-0.3, -0.25) is 4.79 Å². The number of amides is 1. The fourth-order valence-corrected chi connectivity index (χ4v) is 2.56. The summed E-state index contributed by atoms with van der Waals surface area (Å²) in [6.07, 6.45) is -0.516. The number of carbonyl (C=O) groups is 1. The second kappa shape index (κ2) is 8.13. The molecule has 2 rings (SSSR count). The molecule has 122 valence electrons. The second-order valence-corrected chi connectivity index (χ2v) is 6.43. The van der Waals surface area contributed by atoms with Crippen molar-refractivity contribution in [1.29, 1.82) is 0 Å². The van der Waals surface area contributed by atoms with Gasteiger partial charge in [0.25, 0.3) is 0 Å². The van der Waals surface area contributed by atoms with Crippen molar-refractivity contribution in [3.63, 3.8) is 0 Å². The van der Waals surface area contributed by atoms with Gasteiger partial charge in [-0.2, -0.15) is 0 Å². The van der Waals surface area contributed by atoms with Crippen LogP contribution in [0.4, 0.5) is 11.4 Å². The van der Waals surface area contributed by atoms with Crippen LogP contribution < -0.4 is 10.2 Å². The molecule has 1 amide bonds. The maximum absolute atomic E-state index is 12.3. The predicted octanol–water partition coefficient (Wildman–Crippen LogP) is 3.58. The molecule has 0 aromatic heterocycles. The summed E-state index contributed by atoms with van der Waals surface area (Å²) in [5.41, 5.74) is 2.74. The van der Waals surface area contributed by atoms with E-state index in [4.69, 9.17) is 0 Å². The number of aliphatic hydroxyl groups is 1. The minimum Gasteiger partial charge on any atom is -0.392 e. The molecule has 0 saturated carbocycles. The summed E-state index contributed by atoms with van der Waals surface area (Å²) < 4.78 is 1.01. The van der Waals surface area contributed by atoms with Gasteiger partial charge in [-0.25, -0.2) is 0 Å². The zero-order chi connectivity index (χ0) is 16.8. The van der Waals surface area contributed by atoms with Crippen LogP contribution in [0, 0.1) is 6.92 Å². The number of aryl methyl sites for hydroxylation is 1. The molecular formula is C18H21BrN2O2. The van der Waals surface area contributed by atoms with Crippen molar-refractivity contribution in [2.45, 2.75) is 20.0 Å². The van der Waals surface area contributed by atoms with Gasteiger partial charge < -0.3 is 15.3 Å². The van der Waals surface area contributed by atoms with Gasteiger partial charge >= 0.3 is 0 Å². The quantitative estimate of drug-likeness (QED) is 0.809. The molecule has 1 atom stereocenters. The number of aliphatic hydroxyl groups excluding tert-OH is 1. The highest BCUT2D eigenvalue weighted by Gasteiger charge is 2.14. The molecule has 2 aromatic rings. The average Bonchev–Trinajstić information content (AvgIpc) is 2.51. The SMILES string of the molecule is Cc1cc(NC(=O)CN(CC(C)O)c2ccccc2)ccc1Br. The summed E-state index contributed by atoms with van der Waals surface area (Å²) >= 11 is 3.44. The Kier molecular flexibility index (Phi) is 6.19. The van der Waals surface area contributed by atoms with Crippen LogP contribution in [0.25, 0.3) is 0 Å². The monoisotopic (exact) mass is 376 g/mol. The van der Waals surface area contributed by atoms with Crippen molar-refractivity contribution in [2.24, 2.45) is 0 Å². The minimum atomic E-state index is -0.516. The molecule has 1 unspecified atom stereocenters. The number of hydrogen-bond donors (Lipinski definition) is 2. The van der Waals surface area contributed by atoms with Gasteiger partial charge in [-0.05, 0) is 49.7 Å². The summed E-state index contributed by atoms with van der Waals surface area (Å²) in [4.78, 5) is 14.2. The van der Waals surface area contributed by atoms with Crippen LogP contribution in [0.2, 0.25) is 0 Å². The van der Waals surface area contributed by atoms with E-state index in [2.05, 4.69) is 21.2 Å². The van der Waals surface area contributed by atoms with E-state index in [-0.39, 0.29) is 12.5 Å². The Bertz CT molecular complexity index is 659. The molecule has 0 aliphatic carbocycles. The third kappa shape index (κ3) is 5.37. The first-order valence-electron chi connectivity index (χ1n) is 7.50. The normalized spacial score (nSPS) is 11.8. The number of benzene rings is 2. The molecule has 2 aromatic carbocycles. The largest absolute Gasteiger partial charge is 0.392 e. The third-order valence-corrected chi connectivity index (χ3v) is 4.27. The Labute approximate surface area is 145 Å². The van der Waals surface area contributed by atoms with Crippen molar-refractivity contribution >= 4 is 33.2 Å². The fourth-order valence-electron chi connectivity index (χ4n) is 2.32. The summed E-state index contributed by atoms with van der Waals surface area (Å²) in [5.74, 6) is -0.115. The molecule has 5 heteroatoms. The van der Waals surface area contributed by atoms with Gasteiger partial charge in [0.05, 0.1) is 12.6 Å². The predicted molar refractivity (Wildman–Crippen MR) is 97.8 cm³/mol. The van der Waals surface area contributed by atoms with Crippen LogP contribution in [0.5, 0.6) is 0 Å². The number of nitrogens with zero attached hydrogens (tertiary/aromatic N) is 1. The Balaban J connectivity index is 2.06. The summed E-state index contributed by atoms with van der Waals surface area (Å²) in [6.45, 7) is 4.27. The van der Waals surface area contributed by atoms with Crippen LogP contribution in [0.3, 0.4) is 0 Å². The standard InChI is InChI=1S/C18H21BrN2O2/c1-13-10-15(8-9-17(13)19)20-18(23)12-21(11-14(2)22)16-6-4-3-5-7-16/h3-10,14,22H,11-12H2,1-2H3,(H,20,23). The first-order valence-corrected chi connectivity index (χ1v) is 8.29. The van der Waals surface area contributed by atoms with E-state index >= 15 is 0 Å². The van der Waals surface area contributed by atoms with Crippen molar-refractivity contribution in [3.05, 3.63) is 58.6 Å². The number of para-hydroxylation sites is 1. The maximum Gasteiger partial charge on any atom is 0.243 e. The van der Waals surface area contributed by atoms with Crippen molar-refractivity contribution < 1.29 is 9.90 Å². The third-order valence-electron chi connectivity index (χ3n) is 3.38. The van der Waals surface area contributed by atoms with E-state index in [1.807, 2.05) is 60.4 Å². The zero-order valence-electron chi connectivity index (χ0n) is 13.3. The van der Waals surface area contributed by atoms with Gasteiger partial charge in [0.1, 0.15) is 0 Å². The molecule has 0 saturated heterocycles. The molecule has 23 heavy (non-hydrogen) atoms. The Morgan fingerprint density at radius 1 is 1.26 bits per heavy atom. The molecule has 0 aliphatic rings. The van der Waals surface area contributed by atoms with E-state index in [1.54, 1.807) is 6.92 Å². The number of carbonyl (C=O) groups excluding carboxylic acids is 1. The Morgan fingerprint density at radius 2 is 1.96 bits per heavy atom. The molecule has 2 N–H and O–H groups in total. The molecule has 0 radical (unpaired) electrons. The Hall–Kier alpha value is -1.85. The molecule has 0 bridgehead atoms. The van der Waals surface area contributed by atoms with Crippen molar-refractivity contribution in [1.82, 2.24) is 0 Å². The van der Waals surface area contributed by atoms with E-state index in [0.717, 1.165) is 21.4 Å². The zero-order valence-corrected chi connectivity index (χ0v) is 14.9. The molecule has 0 heterocycles. The summed E-state index contributed by atoms with van der Waals surface area (Å²) in [7, 11) is 0. The minimum absolute atomic E-state index is 0.115. The molecule has 0 fully saturated rings. The van der Waals surface area contributed by atoms with E-state index in [0.29, 0.717) is 6.54 Å². The van der Waals surface area contributed by atoms with Crippen LogP contribution in [0.15, 0.2) is 53.0 Å². The lowest BCUT2D eigenvalue weighted by Crippen LogP contribution is -2.37.